The summed E-state index contributed by atoms with van der Waals surface area (Å²) in [5, 5.41) is 90.5. The number of primary amides is 1. The van der Waals surface area contributed by atoms with E-state index in [2.05, 4.69) is 0 Å². The van der Waals surface area contributed by atoms with Crippen LogP contribution in [-0.2, 0) is 29.6 Å². The number of amides is 1. The number of hydrogen-bond acceptors (Lipinski definition) is 13. The number of hydrogen-bond donors (Lipinski definition) is 10. The Morgan fingerprint density at radius 3 is 2.10 bits per heavy atom. The molecule has 1 saturated carbocycles. The number of rotatable bonds is 5. The summed E-state index contributed by atoms with van der Waals surface area (Å²) in [6.45, 7) is 1.25. The van der Waals surface area contributed by atoms with Crippen molar-refractivity contribution in [3.8, 4) is 5.75 Å². The molecule has 4 rings (SSSR count). The Labute approximate surface area is 236 Å². The van der Waals surface area contributed by atoms with Crippen LogP contribution in [0.5, 0.6) is 5.75 Å². The maximum absolute atomic E-state index is 13.7. The summed E-state index contributed by atoms with van der Waals surface area (Å²) < 4.78 is 0. The molecule has 7 atom stereocenters. The fourth-order valence-corrected chi connectivity index (χ4v) is 5.85. The third-order valence-electron chi connectivity index (χ3n) is 7.69. The standard InChI is InChI=1S/C22H24N2O9.C4H6O5/c1-21(32)7-5-4-6-8(25)9(7)15(26)10-12(21)17(28)13-14(24(2)3)16(27)11(20(23)31)19(30)22(13,33)18(10)29;5-2(4(8)9)1-3(6)7/h4-6,12-14,17,25-26,28,30,32-33H,1-3H3,(H2,23,31);2,5H,1H2,(H,6,7)(H,8,9)/t12-,13-,14+,17+,21-,22+;/m1./s1. The Hall–Kier alpha value is -4.35. The lowest BCUT2D eigenvalue weighted by Crippen LogP contribution is -2.71. The SMILES string of the molecule is CN(C)[C@@H]1C(=O)C(C(N)=O)=C(O)[C@@]2(O)C(=O)C3=C(O)c4c(O)cccc4[C@@](C)(O)[C@H]3[C@H](O)[C@@H]12.O=C(O)CC(O)C(=O)O. The second-order valence-corrected chi connectivity index (χ2v) is 10.5. The van der Waals surface area contributed by atoms with Gasteiger partial charge in [0, 0.05) is 0 Å². The Balaban J connectivity index is 0.000000467. The number of fused-ring (bicyclic) bond motifs is 3. The van der Waals surface area contributed by atoms with Gasteiger partial charge in [0.15, 0.2) is 17.5 Å². The van der Waals surface area contributed by atoms with E-state index in [1.165, 1.54) is 44.1 Å². The average Bonchev–Trinajstić information content (AvgIpc) is 2.86. The lowest BCUT2D eigenvalue weighted by atomic mass is 9.53. The molecule has 3 aliphatic rings. The summed E-state index contributed by atoms with van der Waals surface area (Å²) in [5.41, 5.74) is -1.78. The van der Waals surface area contributed by atoms with Crippen LogP contribution in [0.15, 0.2) is 35.1 Å². The highest BCUT2D eigenvalue weighted by Crippen LogP contribution is 2.57. The van der Waals surface area contributed by atoms with Gasteiger partial charge in [0.2, 0.25) is 5.78 Å². The van der Waals surface area contributed by atoms with Crippen molar-refractivity contribution in [1.29, 1.82) is 0 Å². The number of carboxylic acid groups (broad SMARTS) is 2. The van der Waals surface area contributed by atoms with Gasteiger partial charge in [-0.3, -0.25) is 24.1 Å². The average molecular weight is 595 g/mol. The highest BCUT2D eigenvalue weighted by atomic mass is 16.4. The molecule has 16 heteroatoms. The van der Waals surface area contributed by atoms with E-state index in [-0.39, 0.29) is 11.1 Å². The number of phenolic OH excluding ortho intramolecular Hbond substituents is 1. The van der Waals surface area contributed by atoms with E-state index in [9.17, 15) is 54.6 Å². The molecule has 0 spiro atoms. The highest BCUT2D eigenvalue weighted by Gasteiger charge is 2.70. The number of aliphatic hydroxyl groups excluding tert-OH is 4. The second-order valence-electron chi connectivity index (χ2n) is 10.5. The number of aliphatic hydroxyl groups is 6. The first-order valence-electron chi connectivity index (χ1n) is 12.2. The van der Waals surface area contributed by atoms with Crippen LogP contribution in [-0.4, -0.2) is 118 Å². The van der Waals surface area contributed by atoms with Crippen molar-refractivity contribution in [2.75, 3.05) is 14.1 Å². The van der Waals surface area contributed by atoms with E-state index in [0.29, 0.717) is 0 Å². The number of carbonyl (C=O) groups is 5. The van der Waals surface area contributed by atoms with E-state index >= 15 is 0 Å². The molecule has 0 heterocycles. The molecular weight excluding hydrogens is 564 g/mol. The minimum atomic E-state index is -3.02. The van der Waals surface area contributed by atoms with Crippen LogP contribution in [0.3, 0.4) is 0 Å². The first-order chi connectivity index (χ1) is 19.2. The van der Waals surface area contributed by atoms with Crippen LogP contribution >= 0.6 is 0 Å². The van der Waals surface area contributed by atoms with Gasteiger partial charge in [-0.15, -0.1) is 0 Å². The van der Waals surface area contributed by atoms with E-state index in [1.807, 2.05) is 0 Å². The van der Waals surface area contributed by atoms with Gasteiger partial charge in [0.1, 0.15) is 22.8 Å². The number of carboxylic acids is 2. The Morgan fingerprint density at radius 1 is 1.07 bits per heavy atom. The van der Waals surface area contributed by atoms with Gasteiger partial charge in [-0.1, -0.05) is 12.1 Å². The van der Waals surface area contributed by atoms with Crippen molar-refractivity contribution in [2.45, 2.75) is 42.8 Å². The van der Waals surface area contributed by atoms with Crippen molar-refractivity contribution < 1.29 is 69.9 Å². The van der Waals surface area contributed by atoms with Crippen molar-refractivity contribution in [3.05, 3.63) is 46.2 Å². The minimum Gasteiger partial charge on any atom is -0.508 e. The summed E-state index contributed by atoms with van der Waals surface area (Å²) in [6.07, 6.45) is -4.42. The molecule has 1 amide bonds. The minimum absolute atomic E-state index is 0.00664. The van der Waals surface area contributed by atoms with Crippen LogP contribution in [0.25, 0.3) is 5.76 Å². The largest absolute Gasteiger partial charge is 0.508 e. The number of ketones is 2. The summed E-state index contributed by atoms with van der Waals surface area (Å²) in [6, 6.07) is 2.50. The maximum atomic E-state index is 13.7. The molecule has 1 aromatic carbocycles. The number of nitrogens with two attached hydrogens (primary N) is 1. The Kier molecular flexibility index (Phi) is 8.28. The summed E-state index contributed by atoms with van der Waals surface area (Å²) in [5.74, 6) is -12.5. The van der Waals surface area contributed by atoms with Crippen molar-refractivity contribution in [2.24, 2.45) is 17.6 Å². The first kappa shape index (κ1) is 32.2. The second kappa shape index (κ2) is 10.8. The van der Waals surface area contributed by atoms with Crippen LogP contribution < -0.4 is 5.73 Å². The molecule has 0 radical (unpaired) electrons. The zero-order valence-corrected chi connectivity index (χ0v) is 22.4. The number of benzene rings is 1. The topological polar surface area (TPSA) is 297 Å². The van der Waals surface area contributed by atoms with Gasteiger partial charge in [-0.05, 0) is 32.6 Å². The summed E-state index contributed by atoms with van der Waals surface area (Å²) in [4.78, 5) is 59.3. The van der Waals surface area contributed by atoms with Crippen molar-refractivity contribution in [1.82, 2.24) is 4.90 Å². The van der Waals surface area contributed by atoms with E-state index in [4.69, 9.17) is 21.1 Å². The molecule has 0 saturated heterocycles. The van der Waals surface area contributed by atoms with Crippen LogP contribution in [0.4, 0.5) is 0 Å². The Bertz CT molecular complexity index is 1440. The number of nitrogens with zero attached hydrogens (tertiary/aromatic N) is 1. The fourth-order valence-electron chi connectivity index (χ4n) is 5.85. The summed E-state index contributed by atoms with van der Waals surface area (Å²) >= 11 is 0. The van der Waals surface area contributed by atoms with Gasteiger partial charge >= 0.3 is 11.9 Å². The fraction of sp³-hybridized carbons (Fsp3) is 0.423. The highest BCUT2D eigenvalue weighted by molar-refractivity contribution is 6.24. The smallest absolute Gasteiger partial charge is 0.333 e. The molecule has 0 aliphatic heterocycles. The molecule has 1 fully saturated rings. The zero-order valence-electron chi connectivity index (χ0n) is 22.4. The van der Waals surface area contributed by atoms with Crippen LogP contribution in [0, 0.1) is 11.8 Å². The van der Waals surface area contributed by atoms with Gasteiger partial charge in [0.25, 0.3) is 5.91 Å². The van der Waals surface area contributed by atoms with Crippen molar-refractivity contribution >= 4 is 35.2 Å². The van der Waals surface area contributed by atoms with Crippen LogP contribution in [0.1, 0.15) is 24.5 Å². The van der Waals surface area contributed by atoms with Gasteiger partial charge in [-0.2, -0.15) is 0 Å². The third kappa shape index (κ3) is 4.68. The maximum Gasteiger partial charge on any atom is 0.333 e. The molecule has 1 aromatic rings. The number of carbonyl (C=O) groups excluding carboxylic acids is 3. The van der Waals surface area contributed by atoms with Gasteiger partial charge in [-0.25, -0.2) is 4.79 Å². The lowest BCUT2D eigenvalue weighted by molar-refractivity contribution is -0.181. The molecule has 228 valence electrons. The van der Waals surface area contributed by atoms with E-state index in [0.717, 1.165) is 0 Å². The lowest BCUT2D eigenvalue weighted by Gasteiger charge is -2.55. The molecule has 1 unspecified atom stereocenters. The molecule has 16 nitrogen and oxygen atoms in total. The van der Waals surface area contributed by atoms with E-state index < -0.39 is 106 Å². The first-order valence-corrected chi connectivity index (χ1v) is 12.2. The van der Waals surface area contributed by atoms with Crippen LogP contribution in [0.2, 0.25) is 0 Å². The number of aromatic hydroxyl groups is 1. The number of aliphatic carboxylic acids is 2. The van der Waals surface area contributed by atoms with Gasteiger partial charge in [0.05, 0.1) is 47.1 Å². The predicted molar refractivity (Wildman–Crippen MR) is 137 cm³/mol. The zero-order chi connectivity index (χ0) is 32.2. The molecule has 0 aromatic heterocycles. The molecule has 3 aliphatic carbocycles. The number of phenols is 1. The molecule has 42 heavy (non-hydrogen) atoms. The predicted octanol–water partition coefficient (Wildman–Crippen LogP) is -2.49. The van der Waals surface area contributed by atoms with Gasteiger partial charge < -0.3 is 51.7 Å². The Morgan fingerprint density at radius 2 is 1.64 bits per heavy atom. The van der Waals surface area contributed by atoms with Crippen molar-refractivity contribution in [3.63, 3.8) is 0 Å². The third-order valence-corrected chi connectivity index (χ3v) is 7.69. The number of likely N-dealkylation sites (N-methyl/N-ethyl adjacent to an activating group) is 1. The molecule has 0 bridgehead atoms. The monoisotopic (exact) mass is 594 g/mol. The quantitative estimate of drug-likeness (QED) is 0.158. The summed E-state index contributed by atoms with van der Waals surface area (Å²) in [7, 11) is 2.80. The number of Topliss-reactive ketones (excluding diaryl/α,β-unsaturated/α-hetero) is 2. The molecule has 11 N–H and O–H groups in total. The normalized spacial score (nSPS) is 31.0. The van der Waals surface area contributed by atoms with E-state index in [1.54, 1.807) is 0 Å². The molecular formula is C26H30N2O14.